The van der Waals surface area contributed by atoms with E-state index in [0.717, 1.165) is 17.8 Å². The zero-order valence-corrected chi connectivity index (χ0v) is 9.25. The molecular formula is C10H10F3NOS. The van der Waals surface area contributed by atoms with Gasteiger partial charge in [-0.2, -0.15) is 13.2 Å². The van der Waals surface area contributed by atoms with E-state index >= 15 is 0 Å². The first-order valence-corrected chi connectivity index (χ1v) is 5.86. The van der Waals surface area contributed by atoms with Crippen molar-refractivity contribution in [3.63, 3.8) is 0 Å². The molecule has 0 saturated heterocycles. The molecule has 0 unspecified atom stereocenters. The van der Waals surface area contributed by atoms with Crippen molar-refractivity contribution in [3.05, 3.63) is 15.6 Å². The number of carbonyl (C=O) groups excluding carboxylic acids is 1. The lowest BCUT2D eigenvalue weighted by Gasteiger charge is -2.06. The van der Waals surface area contributed by atoms with E-state index in [9.17, 15) is 18.0 Å². The van der Waals surface area contributed by atoms with E-state index in [1.54, 1.807) is 0 Å². The molecule has 6 heteroatoms. The summed E-state index contributed by atoms with van der Waals surface area (Å²) in [5.41, 5.74) is 0.693. The first-order chi connectivity index (χ1) is 7.46. The zero-order chi connectivity index (χ0) is 11.8. The van der Waals surface area contributed by atoms with E-state index in [4.69, 9.17) is 0 Å². The number of hydrogen-bond donors (Lipinski definition) is 0. The van der Waals surface area contributed by atoms with Gasteiger partial charge in [-0.25, -0.2) is 4.98 Å². The number of alkyl halides is 3. The predicted octanol–water partition coefficient (Wildman–Crippen LogP) is 3.16. The quantitative estimate of drug-likeness (QED) is 0.805. The van der Waals surface area contributed by atoms with Crippen LogP contribution in [0.2, 0.25) is 0 Å². The van der Waals surface area contributed by atoms with Gasteiger partial charge in [0, 0.05) is 19.3 Å². The fourth-order valence-corrected chi connectivity index (χ4v) is 2.75. The maximum absolute atomic E-state index is 12.0. The van der Waals surface area contributed by atoms with Gasteiger partial charge >= 0.3 is 6.18 Å². The Morgan fingerprint density at radius 1 is 1.31 bits per heavy atom. The van der Waals surface area contributed by atoms with Crippen molar-refractivity contribution in [2.45, 2.75) is 38.3 Å². The van der Waals surface area contributed by atoms with Gasteiger partial charge in [0.25, 0.3) is 0 Å². The molecule has 0 spiro atoms. The fourth-order valence-electron chi connectivity index (χ4n) is 1.67. The summed E-state index contributed by atoms with van der Waals surface area (Å²) in [7, 11) is 0. The Labute approximate surface area is 94.5 Å². The summed E-state index contributed by atoms with van der Waals surface area (Å²) in [5.74, 6) is 0.0250. The monoisotopic (exact) mass is 249 g/mol. The summed E-state index contributed by atoms with van der Waals surface area (Å²) < 4.78 is 36.0. The standard InChI is InChI=1S/C10H10F3NOS/c11-10(12,13)5-4-8-14-6-2-1-3-7(15)9(6)16-8/h1-5H2. The number of fused-ring (bicyclic) bond motifs is 1. The molecule has 16 heavy (non-hydrogen) atoms. The van der Waals surface area contributed by atoms with Crippen LogP contribution in [0.4, 0.5) is 13.2 Å². The molecule has 0 saturated carbocycles. The maximum Gasteiger partial charge on any atom is 0.389 e. The van der Waals surface area contributed by atoms with Crippen LogP contribution < -0.4 is 0 Å². The first kappa shape index (κ1) is 11.6. The molecule has 0 aliphatic heterocycles. The van der Waals surface area contributed by atoms with Crippen LogP contribution in [0.1, 0.15) is 39.6 Å². The minimum atomic E-state index is -4.16. The molecule has 0 aromatic carbocycles. The number of aromatic nitrogens is 1. The van der Waals surface area contributed by atoms with Crippen molar-refractivity contribution in [2.75, 3.05) is 0 Å². The van der Waals surface area contributed by atoms with Crippen molar-refractivity contribution in [3.8, 4) is 0 Å². The molecule has 0 bridgehead atoms. The molecule has 0 atom stereocenters. The molecule has 2 nitrogen and oxygen atoms in total. The number of hydrogen-bond acceptors (Lipinski definition) is 3. The number of Topliss-reactive ketones (excluding diaryl/α,β-unsaturated/α-hetero) is 1. The molecule has 0 fully saturated rings. The minimum Gasteiger partial charge on any atom is -0.293 e. The largest absolute Gasteiger partial charge is 0.389 e. The number of halogens is 3. The Balaban J connectivity index is 2.10. The van der Waals surface area contributed by atoms with Gasteiger partial charge in [0.05, 0.1) is 15.6 Å². The molecule has 0 amide bonds. The third kappa shape index (κ3) is 2.61. The Morgan fingerprint density at radius 2 is 2.06 bits per heavy atom. The third-order valence-electron chi connectivity index (χ3n) is 2.43. The highest BCUT2D eigenvalue weighted by molar-refractivity contribution is 7.13. The lowest BCUT2D eigenvalue weighted by atomic mass is 10.0. The second kappa shape index (κ2) is 4.16. The van der Waals surface area contributed by atoms with Gasteiger partial charge in [0.1, 0.15) is 0 Å². The smallest absolute Gasteiger partial charge is 0.293 e. The van der Waals surface area contributed by atoms with Crippen LogP contribution in [-0.2, 0) is 12.8 Å². The Kier molecular flexibility index (Phi) is 3.01. The topological polar surface area (TPSA) is 30.0 Å². The number of rotatable bonds is 2. The maximum atomic E-state index is 12.0. The molecule has 1 aromatic rings. The Hall–Kier alpha value is -0.910. The highest BCUT2D eigenvalue weighted by Gasteiger charge is 2.28. The molecule has 1 heterocycles. The molecular weight excluding hydrogens is 239 g/mol. The normalized spacial score (nSPS) is 16.3. The van der Waals surface area contributed by atoms with E-state index in [-0.39, 0.29) is 12.2 Å². The van der Waals surface area contributed by atoms with Crippen LogP contribution in [0.15, 0.2) is 0 Å². The van der Waals surface area contributed by atoms with Crippen molar-refractivity contribution < 1.29 is 18.0 Å². The van der Waals surface area contributed by atoms with Crippen molar-refractivity contribution in [2.24, 2.45) is 0 Å². The molecule has 1 aliphatic carbocycles. The highest BCUT2D eigenvalue weighted by atomic mass is 32.1. The van der Waals surface area contributed by atoms with Crippen molar-refractivity contribution in [1.29, 1.82) is 0 Å². The third-order valence-corrected chi connectivity index (χ3v) is 3.63. The number of aryl methyl sites for hydroxylation is 2. The SMILES string of the molecule is O=C1CCCc2nc(CCC(F)(F)F)sc21. The second-order valence-electron chi connectivity index (χ2n) is 3.78. The summed E-state index contributed by atoms with van der Waals surface area (Å²) in [6.45, 7) is 0. The van der Waals surface area contributed by atoms with Crippen LogP contribution in [0.25, 0.3) is 0 Å². The van der Waals surface area contributed by atoms with Gasteiger partial charge in [-0.1, -0.05) is 0 Å². The molecule has 0 radical (unpaired) electrons. The Morgan fingerprint density at radius 3 is 2.69 bits per heavy atom. The van der Waals surface area contributed by atoms with Gasteiger partial charge in [0.15, 0.2) is 5.78 Å². The van der Waals surface area contributed by atoms with Crippen LogP contribution >= 0.6 is 11.3 Å². The lowest BCUT2D eigenvalue weighted by molar-refractivity contribution is -0.134. The van der Waals surface area contributed by atoms with Gasteiger partial charge in [-0.15, -0.1) is 11.3 Å². The van der Waals surface area contributed by atoms with Crippen molar-refractivity contribution in [1.82, 2.24) is 4.98 Å². The average molecular weight is 249 g/mol. The van der Waals surface area contributed by atoms with E-state index in [1.165, 1.54) is 0 Å². The number of thiazole rings is 1. The summed E-state index contributed by atoms with van der Waals surface area (Å²) >= 11 is 1.12. The van der Waals surface area contributed by atoms with Gasteiger partial charge in [-0.05, 0) is 12.8 Å². The summed E-state index contributed by atoms with van der Waals surface area (Å²) in [6.07, 6.45) is -3.18. The van der Waals surface area contributed by atoms with Gasteiger partial charge < -0.3 is 0 Å². The van der Waals surface area contributed by atoms with E-state index in [1.807, 2.05) is 0 Å². The van der Waals surface area contributed by atoms with Crippen LogP contribution in [0.3, 0.4) is 0 Å². The summed E-state index contributed by atoms with van der Waals surface area (Å²) in [5, 5.41) is 0.428. The molecule has 0 N–H and O–H groups in total. The molecule has 88 valence electrons. The van der Waals surface area contributed by atoms with E-state index in [2.05, 4.69) is 4.98 Å². The zero-order valence-electron chi connectivity index (χ0n) is 8.43. The number of carbonyl (C=O) groups is 1. The average Bonchev–Trinajstić information content (AvgIpc) is 2.58. The van der Waals surface area contributed by atoms with Crippen LogP contribution in [-0.4, -0.2) is 16.9 Å². The van der Waals surface area contributed by atoms with E-state index in [0.29, 0.717) is 28.4 Å². The second-order valence-corrected chi connectivity index (χ2v) is 4.86. The minimum absolute atomic E-state index is 0.0250. The fraction of sp³-hybridized carbons (Fsp3) is 0.600. The predicted molar refractivity (Wildman–Crippen MR) is 53.8 cm³/mol. The van der Waals surface area contributed by atoms with Crippen LogP contribution in [0.5, 0.6) is 0 Å². The van der Waals surface area contributed by atoms with Gasteiger partial charge in [-0.3, -0.25) is 4.79 Å². The Bertz CT molecular complexity index is 411. The summed E-state index contributed by atoms with van der Waals surface area (Å²) in [6, 6.07) is 0. The van der Waals surface area contributed by atoms with Crippen molar-refractivity contribution >= 4 is 17.1 Å². The highest BCUT2D eigenvalue weighted by Crippen LogP contribution is 2.29. The van der Waals surface area contributed by atoms with E-state index < -0.39 is 12.6 Å². The van der Waals surface area contributed by atoms with Gasteiger partial charge in [0.2, 0.25) is 0 Å². The number of nitrogens with zero attached hydrogens (tertiary/aromatic N) is 1. The first-order valence-electron chi connectivity index (χ1n) is 5.04. The molecule has 1 aromatic heterocycles. The number of ketones is 1. The lowest BCUT2D eigenvalue weighted by Crippen LogP contribution is -2.08. The van der Waals surface area contributed by atoms with Crippen LogP contribution in [0, 0.1) is 0 Å². The molecule has 1 aliphatic rings. The molecule has 2 rings (SSSR count). The summed E-state index contributed by atoms with van der Waals surface area (Å²) in [4.78, 5) is 16.1.